The first-order valence-electron chi connectivity index (χ1n) is 9.23. The van der Waals surface area contributed by atoms with Gasteiger partial charge in [0.05, 0.1) is 18.5 Å². The third-order valence-corrected chi connectivity index (χ3v) is 5.24. The molecule has 2 aromatic heterocycles. The molecule has 4 N–H and O–H groups in total. The van der Waals surface area contributed by atoms with E-state index in [4.69, 9.17) is 10.2 Å². The number of hydrogen-bond donors (Lipinski definition) is 3. The van der Waals surface area contributed by atoms with Gasteiger partial charge < -0.3 is 25.5 Å². The lowest BCUT2D eigenvalue weighted by Crippen LogP contribution is -2.53. The highest BCUT2D eigenvalue weighted by Gasteiger charge is 2.30. The highest BCUT2D eigenvalue weighted by atomic mass is 16.3. The topological polar surface area (TPSA) is 104 Å². The normalized spacial score (nSPS) is 21.0. The maximum Gasteiger partial charge on any atom is 0.222 e. The number of hydrogen-bond acceptors (Lipinski definition) is 8. The number of aliphatic hydroxyl groups is 1. The maximum absolute atomic E-state index is 9.53. The molecule has 2 aliphatic rings. The Kier molecular flexibility index (Phi) is 5.05. The van der Waals surface area contributed by atoms with Crippen molar-refractivity contribution in [3.05, 3.63) is 35.4 Å². The molecule has 1 saturated heterocycles. The summed E-state index contributed by atoms with van der Waals surface area (Å²) in [5, 5.41) is 12.9. The van der Waals surface area contributed by atoms with Crippen LogP contribution >= 0.6 is 0 Å². The number of nitrogen functional groups attached to an aromatic ring is 1. The van der Waals surface area contributed by atoms with Crippen molar-refractivity contribution in [3.8, 4) is 0 Å². The van der Waals surface area contributed by atoms with Crippen molar-refractivity contribution in [1.29, 1.82) is 0 Å². The summed E-state index contributed by atoms with van der Waals surface area (Å²) in [6.45, 7) is 5.19. The molecule has 0 radical (unpaired) electrons. The second-order valence-electron chi connectivity index (χ2n) is 6.92. The van der Waals surface area contributed by atoms with Gasteiger partial charge >= 0.3 is 0 Å². The van der Waals surface area contributed by atoms with Gasteiger partial charge in [-0.05, 0) is 31.5 Å². The lowest BCUT2D eigenvalue weighted by atomic mass is 10.0. The van der Waals surface area contributed by atoms with Crippen molar-refractivity contribution in [2.45, 2.75) is 32.0 Å². The Balaban J connectivity index is 1.55. The van der Waals surface area contributed by atoms with E-state index in [-0.39, 0.29) is 12.6 Å². The largest absolute Gasteiger partial charge is 0.468 e. The predicted octanol–water partition coefficient (Wildman–Crippen LogP) is 0.371. The van der Waals surface area contributed by atoms with Crippen molar-refractivity contribution >= 4 is 11.8 Å². The van der Waals surface area contributed by atoms with Crippen LogP contribution in [0.2, 0.25) is 0 Å². The molecule has 4 heterocycles. The van der Waals surface area contributed by atoms with Crippen molar-refractivity contribution in [2.75, 3.05) is 43.4 Å². The molecule has 4 rings (SSSR count). The van der Waals surface area contributed by atoms with Crippen LogP contribution in [0.15, 0.2) is 22.8 Å². The zero-order chi connectivity index (χ0) is 17.9. The number of nitrogens with two attached hydrogens (primary N) is 1. The molecule has 8 heteroatoms. The molecule has 0 saturated carbocycles. The van der Waals surface area contributed by atoms with Crippen LogP contribution in [-0.2, 0) is 19.5 Å². The second kappa shape index (κ2) is 7.61. The molecule has 0 aliphatic carbocycles. The van der Waals surface area contributed by atoms with Crippen LogP contribution in [0, 0.1) is 0 Å². The van der Waals surface area contributed by atoms with Gasteiger partial charge in [-0.2, -0.15) is 4.98 Å². The van der Waals surface area contributed by atoms with Crippen molar-refractivity contribution < 1.29 is 9.52 Å². The summed E-state index contributed by atoms with van der Waals surface area (Å²) in [5.74, 6) is 2.25. The standard InChI is InChI=1S/C18H26N6O2/c19-18-21-16-10-20-5-3-15(16)17(22-18)24-7-6-23(13(11-24)4-8-25)12-14-2-1-9-26-14/h1-2,9,13,20,25H,3-8,10-12H2,(H2,19,21,22)/t13-/m0/s1. The fraction of sp³-hybridized carbons (Fsp3) is 0.556. The third kappa shape index (κ3) is 3.53. The molecule has 0 bridgehead atoms. The molecular formula is C18H26N6O2. The zero-order valence-corrected chi connectivity index (χ0v) is 14.9. The lowest BCUT2D eigenvalue weighted by Gasteiger charge is -2.42. The molecule has 26 heavy (non-hydrogen) atoms. The van der Waals surface area contributed by atoms with Crippen LogP contribution in [0.5, 0.6) is 0 Å². The van der Waals surface area contributed by atoms with Crippen LogP contribution in [0.3, 0.4) is 0 Å². The fourth-order valence-electron chi connectivity index (χ4n) is 3.94. The zero-order valence-electron chi connectivity index (χ0n) is 14.9. The van der Waals surface area contributed by atoms with Crippen molar-refractivity contribution in [2.24, 2.45) is 0 Å². The molecular weight excluding hydrogens is 332 g/mol. The number of rotatable bonds is 5. The van der Waals surface area contributed by atoms with Gasteiger partial charge in [-0.15, -0.1) is 0 Å². The summed E-state index contributed by atoms with van der Waals surface area (Å²) in [6.07, 6.45) is 3.35. The molecule has 8 nitrogen and oxygen atoms in total. The molecule has 1 atom stereocenters. The van der Waals surface area contributed by atoms with Gasteiger partial charge in [-0.3, -0.25) is 4.90 Å². The summed E-state index contributed by atoms with van der Waals surface area (Å²) >= 11 is 0. The molecule has 0 spiro atoms. The molecule has 2 aromatic rings. The van der Waals surface area contributed by atoms with Crippen LogP contribution < -0.4 is 16.0 Å². The Hall–Kier alpha value is -2.16. The number of furan rings is 1. The Morgan fingerprint density at radius 2 is 2.27 bits per heavy atom. The van der Waals surface area contributed by atoms with Crippen molar-refractivity contribution in [3.63, 3.8) is 0 Å². The number of nitrogens with one attached hydrogen (secondary N) is 1. The minimum Gasteiger partial charge on any atom is -0.468 e. The van der Waals surface area contributed by atoms with E-state index in [9.17, 15) is 5.11 Å². The van der Waals surface area contributed by atoms with Gasteiger partial charge in [-0.1, -0.05) is 0 Å². The Morgan fingerprint density at radius 1 is 1.35 bits per heavy atom. The summed E-state index contributed by atoms with van der Waals surface area (Å²) < 4.78 is 5.50. The Bertz CT molecular complexity index is 736. The van der Waals surface area contributed by atoms with Crippen molar-refractivity contribution in [1.82, 2.24) is 20.2 Å². The summed E-state index contributed by atoms with van der Waals surface area (Å²) in [7, 11) is 0. The summed E-state index contributed by atoms with van der Waals surface area (Å²) in [5.41, 5.74) is 8.18. The number of anilines is 2. The van der Waals surface area contributed by atoms with Gasteiger partial charge in [-0.25, -0.2) is 4.98 Å². The molecule has 0 unspecified atom stereocenters. The van der Waals surface area contributed by atoms with Crippen LogP contribution in [-0.4, -0.2) is 58.8 Å². The molecule has 140 valence electrons. The van der Waals surface area contributed by atoms with E-state index in [1.807, 2.05) is 12.1 Å². The first kappa shape index (κ1) is 17.3. The van der Waals surface area contributed by atoms with Crippen LogP contribution in [0.25, 0.3) is 0 Å². The first-order chi connectivity index (χ1) is 12.7. The SMILES string of the molecule is Nc1nc2c(c(N3CCN(Cc4ccco4)[C@@H](CCO)C3)n1)CCNC2. The third-order valence-electron chi connectivity index (χ3n) is 5.24. The lowest BCUT2D eigenvalue weighted by molar-refractivity contribution is 0.127. The van der Waals surface area contributed by atoms with Gasteiger partial charge in [0.15, 0.2) is 0 Å². The van der Waals surface area contributed by atoms with E-state index in [1.165, 1.54) is 5.56 Å². The number of fused-ring (bicyclic) bond motifs is 1. The smallest absolute Gasteiger partial charge is 0.222 e. The highest BCUT2D eigenvalue weighted by Crippen LogP contribution is 2.27. The highest BCUT2D eigenvalue weighted by molar-refractivity contribution is 5.53. The van der Waals surface area contributed by atoms with Gasteiger partial charge in [0, 0.05) is 44.4 Å². The van der Waals surface area contributed by atoms with Gasteiger partial charge in [0.25, 0.3) is 0 Å². The number of aliphatic hydroxyl groups excluding tert-OH is 1. The molecule has 0 aromatic carbocycles. The fourth-order valence-corrected chi connectivity index (χ4v) is 3.94. The number of nitrogens with zero attached hydrogens (tertiary/aromatic N) is 4. The maximum atomic E-state index is 9.53. The molecule has 0 amide bonds. The summed E-state index contributed by atoms with van der Waals surface area (Å²) in [4.78, 5) is 13.7. The average Bonchev–Trinajstić information content (AvgIpc) is 3.16. The first-order valence-corrected chi connectivity index (χ1v) is 9.23. The Labute approximate surface area is 153 Å². The molecule has 2 aliphatic heterocycles. The van der Waals surface area contributed by atoms with Gasteiger partial charge in [0.2, 0.25) is 5.95 Å². The predicted molar refractivity (Wildman–Crippen MR) is 98.7 cm³/mol. The van der Waals surface area contributed by atoms with E-state index in [1.54, 1.807) is 6.26 Å². The van der Waals surface area contributed by atoms with E-state index in [0.717, 1.165) is 69.4 Å². The number of aromatic nitrogens is 2. The van der Waals surface area contributed by atoms with Gasteiger partial charge in [0.1, 0.15) is 11.6 Å². The van der Waals surface area contributed by atoms with E-state index in [2.05, 4.69) is 25.1 Å². The van der Waals surface area contributed by atoms with E-state index < -0.39 is 0 Å². The minimum atomic E-state index is 0.168. The monoisotopic (exact) mass is 358 g/mol. The molecule has 1 fully saturated rings. The van der Waals surface area contributed by atoms with Crippen LogP contribution in [0.1, 0.15) is 23.4 Å². The minimum absolute atomic E-state index is 0.168. The Morgan fingerprint density at radius 3 is 3.08 bits per heavy atom. The van der Waals surface area contributed by atoms with Crippen LogP contribution in [0.4, 0.5) is 11.8 Å². The van der Waals surface area contributed by atoms with E-state index in [0.29, 0.717) is 5.95 Å². The van der Waals surface area contributed by atoms with E-state index >= 15 is 0 Å². The summed E-state index contributed by atoms with van der Waals surface area (Å²) in [6, 6.07) is 4.15. The quantitative estimate of drug-likeness (QED) is 0.704. The number of piperazine rings is 1. The second-order valence-corrected chi connectivity index (χ2v) is 6.92. The average molecular weight is 358 g/mol.